The molecule has 0 aliphatic carbocycles. The fourth-order valence-corrected chi connectivity index (χ4v) is 2.62. The Morgan fingerprint density at radius 1 is 1.47 bits per heavy atom. The van der Waals surface area contributed by atoms with Crippen LogP contribution in [0.1, 0.15) is 12.8 Å². The molecule has 0 aromatic heterocycles. The molecule has 2 aliphatic heterocycles. The lowest BCUT2D eigenvalue weighted by Crippen LogP contribution is -2.39. The molecule has 1 aromatic rings. The summed E-state index contributed by atoms with van der Waals surface area (Å²) in [4.78, 5) is 2.51. The Bertz CT molecular complexity index is 378. The molecule has 0 radical (unpaired) electrons. The van der Waals surface area contributed by atoms with Crippen molar-refractivity contribution < 1.29 is 4.74 Å². The molecule has 1 unspecified atom stereocenters. The molecule has 15 heavy (non-hydrogen) atoms. The summed E-state index contributed by atoms with van der Waals surface area (Å²) in [5.74, 6) is 0.947. The molecule has 0 spiro atoms. The number of nitrogens with zero attached hydrogens (tertiary/aromatic N) is 1. The van der Waals surface area contributed by atoms with E-state index in [4.69, 9.17) is 4.74 Å². The second-order valence-electron chi connectivity index (χ2n) is 4.25. The maximum absolute atomic E-state index is 5.27. The van der Waals surface area contributed by atoms with Crippen LogP contribution >= 0.6 is 0 Å². The molecule has 1 saturated heterocycles. The van der Waals surface area contributed by atoms with Crippen molar-refractivity contribution in [2.24, 2.45) is 0 Å². The average Bonchev–Trinajstić information content (AvgIpc) is 2.76. The van der Waals surface area contributed by atoms with E-state index in [0.29, 0.717) is 6.04 Å². The summed E-state index contributed by atoms with van der Waals surface area (Å²) in [5, 5.41) is 3.49. The van der Waals surface area contributed by atoms with E-state index in [2.05, 4.69) is 22.3 Å². The average molecular weight is 204 g/mol. The first-order chi connectivity index (χ1) is 7.38. The van der Waals surface area contributed by atoms with Crippen molar-refractivity contribution in [2.75, 3.05) is 30.4 Å². The van der Waals surface area contributed by atoms with Gasteiger partial charge in [-0.15, -0.1) is 0 Å². The van der Waals surface area contributed by atoms with E-state index >= 15 is 0 Å². The van der Waals surface area contributed by atoms with Gasteiger partial charge in [-0.25, -0.2) is 0 Å². The van der Waals surface area contributed by atoms with Gasteiger partial charge in [0.05, 0.1) is 18.5 Å². The summed E-state index contributed by atoms with van der Waals surface area (Å²) < 4.78 is 5.27. The zero-order valence-corrected chi connectivity index (χ0v) is 8.99. The van der Waals surface area contributed by atoms with Crippen molar-refractivity contribution in [2.45, 2.75) is 18.9 Å². The van der Waals surface area contributed by atoms with Crippen molar-refractivity contribution in [3.8, 4) is 5.75 Å². The topological polar surface area (TPSA) is 24.5 Å². The van der Waals surface area contributed by atoms with Gasteiger partial charge in [-0.2, -0.15) is 0 Å². The number of anilines is 2. The van der Waals surface area contributed by atoms with Crippen LogP contribution in [0.5, 0.6) is 5.75 Å². The number of benzene rings is 1. The Kier molecular flexibility index (Phi) is 1.97. The highest BCUT2D eigenvalue weighted by Crippen LogP contribution is 2.38. The standard InChI is InChI=1S/C12H16N2O/c1-15-10-4-5-11-12(7-10)14-6-2-3-9(14)8-13-11/h4-5,7,9,13H,2-3,6,8H2,1H3. The van der Waals surface area contributed by atoms with Crippen LogP contribution in [0.3, 0.4) is 0 Å². The molecular weight excluding hydrogens is 188 g/mol. The first kappa shape index (κ1) is 8.89. The quantitative estimate of drug-likeness (QED) is 0.758. The lowest BCUT2D eigenvalue weighted by atomic mass is 10.1. The molecule has 1 atom stereocenters. The highest BCUT2D eigenvalue weighted by molar-refractivity contribution is 5.75. The molecule has 3 rings (SSSR count). The summed E-state index contributed by atoms with van der Waals surface area (Å²) in [6, 6.07) is 6.95. The minimum absolute atomic E-state index is 0.685. The van der Waals surface area contributed by atoms with Gasteiger partial charge >= 0.3 is 0 Å². The van der Waals surface area contributed by atoms with E-state index in [1.54, 1.807) is 7.11 Å². The number of rotatable bonds is 1. The van der Waals surface area contributed by atoms with Gasteiger partial charge in [-0.05, 0) is 25.0 Å². The molecule has 2 aliphatic rings. The highest BCUT2D eigenvalue weighted by Gasteiger charge is 2.29. The summed E-state index contributed by atoms with van der Waals surface area (Å²) in [7, 11) is 1.72. The van der Waals surface area contributed by atoms with Gasteiger partial charge < -0.3 is 15.0 Å². The number of hydrogen-bond acceptors (Lipinski definition) is 3. The van der Waals surface area contributed by atoms with Gasteiger partial charge in [0.2, 0.25) is 0 Å². The Balaban J connectivity index is 2.03. The van der Waals surface area contributed by atoms with Crippen molar-refractivity contribution >= 4 is 11.4 Å². The Hall–Kier alpha value is -1.38. The van der Waals surface area contributed by atoms with E-state index in [-0.39, 0.29) is 0 Å². The van der Waals surface area contributed by atoms with Gasteiger partial charge in [0.25, 0.3) is 0 Å². The van der Waals surface area contributed by atoms with Gasteiger partial charge in [-0.3, -0.25) is 0 Å². The maximum Gasteiger partial charge on any atom is 0.121 e. The Morgan fingerprint density at radius 3 is 3.27 bits per heavy atom. The molecule has 1 N–H and O–H groups in total. The fraction of sp³-hybridized carbons (Fsp3) is 0.500. The minimum Gasteiger partial charge on any atom is -0.497 e. The minimum atomic E-state index is 0.685. The summed E-state index contributed by atoms with van der Waals surface area (Å²) in [6.45, 7) is 2.27. The predicted molar refractivity (Wildman–Crippen MR) is 61.9 cm³/mol. The van der Waals surface area contributed by atoms with E-state index in [1.165, 1.54) is 30.8 Å². The van der Waals surface area contributed by atoms with E-state index in [9.17, 15) is 0 Å². The molecular formula is C12H16N2O. The molecule has 3 nitrogen and oxygen atoms in total. The van der Waals surface area contributed by atoms with Crippen molar-refractivity contribution in [1.82, 2.24) is 0 Å². The van der Waals surface area contributed by atoms with Crippen LogP contribution in [0.2, 0.25) is 0 Å². The Morgan fingerprint density at radius 2 is 2.40 bits per heavy atom. The van der Waals surface area contributed by atoms with E-state index in [1.807, 2.05) is 6.07 Å². The molecule has 0 bridgehead atoms. The first-order valence-corrected chi connectivity index (χ1v) is 5.57. The number of methoxy groups -OCH3 is 1. The fourth-order valence-electron chi connectivity index (χ4n) is 2.62. The van der Waals surface area contributed by atoms with Crippen LogP contribution in [-0.2, 0) is 0 Å². The number of nitrogens with one attached hydrogen (secondary N) is 1. The van der Waals surface area contributed by atoms with Gasteiger partial charge in [0.15, 0.2) is 0 Å². The molecule has 1 aromatic carbocycles. The number of ether oxygens (including phenoxy) is 1. The molecule has 1 fully saturated rings. The highest BCUT2D eigenvalue weighted by atomic mass is 16.5. The molecule has 0 amide bonds. The second-order valence-corrected chi connectivity index (χ2v) is 4.25. The third-order valence-electron chi connectivity index (χ3n) is 3.42. The van der Waals surface area contributed by atoms with Crippen molar-refractivity contribution in [1.29, 1.82) is 0 Å². The number of hydrogen-bond donors (Lipinski definition) is 1. The zero-order valence-electron chi connectivity index (χ0n) is 8.99. The van der Waals surface area contributed by atoms with E-state index in [0.717, 1.165) is 12.3 Å². The van der Waals surface area contributed by atoms with Gasteiger partial charge in [0, 0.05) is 25.2 Å². The molecule has 80 valence electrons. The van der Waals surface area contributed by atoms with Crippen LogP contribution in [0.4, 0.5) is 11.4 Å². The van der Waals surface area contributed by atoms with Crippen molar-refractivity contribution in [3.63, 3.8) is 0 Å². The van der Waals surface area contributed by atoms with Crippen LogP contribution in [0.15, 0.2) is 18.2 Å². The van der Waals surface area contributed by atoms with Gasteiger partial charge in [0.1, 0.15) is 5.75 Å². The second kappa shape index (κ2) is 3.33. The maximum atomic E-state index is 5.27. The lowest BCUT2D eigenvalue weighted by Gasteiger charge is -2.34. The first-order valence-electron chi connectivity index (χ1n) is 5.57. The summed E-state index contributed by atoms with van der Waals surface area (Å²) >= 11 is 0. The van der Waals surface area contributed by atoms with Crippen molar-refractivity contribution in [3.05, 3.63) is 18.2 Å². The van der Waals surface area contributed by atoms with Crippen LogP contribution in [0, 0.1) is 0 Å². The SMILES string of the molecule is COc1ccc2c(c1)N1CCCC1CN2. The lowest BCUT2D eigenvalue weighted by molar-refractivity contribution is 0.414. The van der Waals surface area contributed by atoms with Crippen LogP contribution in [-0.4, -0.2) is 26.2 Å². The predicted octanol–water partition coefficient (Wildman–Crippen LogP) is 2.09. The zero-order chi connectivity index (χ0) is 10.3. The van der Waals surface area contributed by atoms with Gasteiger partial charge in [-0.1, -0.05) is 0 Å². The van der Waals surface area contributed by atoms with Crippen LogP contribution in [0.25, 0.3) is 0 Å². The molecule has 0 saturated carbocycles. The largest absolute Gasteiger partial charge is 0.497 e. The monoisotopic (exact) mass is 204 g/mol. The molecule has 3 heteroatoms. The third-order valence-corrected chi connectivity index (χ3v) is 3.42. The Labute approximate surface area is 90.0 Å². The molecule has 2 heterocycles. The third kappa shape index (κ3) is 1.34. The van der Waals surface area contributed by atoms with Crippen LogP contribution < -0.4 is 15.0 Å². The summed E-state index contributed by atoms with van der Waals surface area (Å²) in [6.07, 6.45) is 2.62. The van der Waals surface area contributed by atoms with E-state index < -0.39 is 0 Å². The summed E-state index contributed by atoms with van der Waals surface area (Å²) in [5.41, 5.74) is 2.55. The normalized spacial score (nSPS) is 23.0. The number of fused-ring (bicyclic) bond motifs is 3. The smallest absolute Gasteiger partial charge is 0.121 e.